The Morgan fingerprint density at radius 3 is 2.17 bits per heavy atom. The predicted octanol–water partition coefficient (Wildman–Crippen LogP) is 2.48. The quantitative estimate of drug-likeness (QED) is 0.183. The van der Waals surface area contributed by atoms with Gasteiger partial charge in [-0.2, -0.15) is 0 Å². The molecule has 1 aliphatic carbocycles. The number of hydrogen-bond acceptors (Lipinski definition) is 8. The van der Waals surface area contributed by atoms with E-state index in [0.717, 1.165) is 5.56 Å². The van der Waals surface area contributed by atoms with Gasteiger partial charge in [-0.15, -0.1) is 6.58 Å². The van der Waals surface area contributed by atoms with Crippen molar-refractivity contribution in [2.24, 2.45) is 22.7 Å². The number of rotatable bonds is 13. The van der Waals surface area contributed by atoms with Crippen molar-refractivity contribution in [1.82, 2.24) is 26.2 Å². The van der Waals surface area contributed by atoms with Gasteiger partial charge in [0.05, 0.1) is 13.7 Å². The summed E-state index contributed by atoms with van der Waals surface area (Å²) < 4.78 is 10.5. The van der Waals surface area contributed by atoms with Gasteiger partial charge in [-0.1, -0.05) is 52.8 Å². The zero-order valence-corrected chi connectivity index (χ0v) is 29.5. The minimum absolute atomic E-state index is 0.0348. The number of methoxy groups -OCH3 is 1. The van der Waals surface area contributed by atoms with E-state index >= 15 is 0 Å². The number of carbonyl (C=O) groups is 6. The number of amides is 5. The van der Waals surface area contributed by atoms with Gasteiger partial charge in [-0.05, 0) is 67.6 Å². The van der Waals surface area contributed by atoms with Crippen LogP contribution in [-0.4, -0.2) is 84.3 Å². The molecule has 13 nitrogen and oxygen atoms in total. The molecule has 1 aromatic rings. The number of piperidine rings is 1. The number of likely N-dealkylation sites (tertiary alicyclic amines) is 1. The molecule has 2 aliphatic rings. The zero-order valence-electron chi connectivity index (χ0n) is 29.5. The Morgan fingerprint density at radius 2 is 1.62 bits per heavy atom. The Morgan fingerprint density at radius 1 is 1.00 bits per heavy atom. The summed E-state index contributed by atoms with van der Waals surface area (Å²) in [5, 5.41) is 10.4. The number of nitrogens with zero attached hydrogens (tertiary/aromatic N) is 1. The monoisotopic (exact) mass is 669 g/mol. The van der Waals surface area contributed by atoms with Crippen LogP contribution in [-0.2, 0) is 35.3 Å². The molecule has 4 N–H and O–H groups in total. The molecular formula is C35H51N5O8. The van der Waals surface area contributed by atoms with Crippen molar-refractivity contribution in [2.45, 2.75) is 92.1 Å². The van der Waals surface area contributed by atoms with Crippen molar-refractivity contribution in [2.75, 3.05) is 20.2 Å². The second-order valence-corrected chi connectivity index (χ2v) is 15.1. The number of benzene rings is 1. The number of Topliss-reactive ketones (excluding diaryl/α,β-unsaturated/α-hetero) is 1. The Hall–Kier alpha value is -4.42. The van der Waals surface area contributed by atoms with Gasteiger partial charge in [0.2, 0.25) is 23.5 Å². The Kier molecular flexibility index (Phi) is 11.7. The molecule has 48 heavy (non-hydrogen) atoms. The van der Waals surface area contributed by atoms with Crippen LogP contribution in [0.4, 0.5) is 4.79 Å². The Bertz CT molecular complexity index is 1410. The third kappa shape index (κ3) is 9.35. The molecule has 0 spiro atoms. The number of ether oxygens (including phenoxy) is 2. The molecule has 0 bridgehead atoms. The minimum Gasteiger partial charge on any atom is -0.497 e. The standard InChI is InChI=1S/C35H51N5O8/c1-11-12-23(27(42)30(44)37-18-24(41)36-17-20-13-15-21(47-10)16-14-20)38-29(43)26-25-22(35(25,8)9)19-40(26)31(45)28(33(2,3)4)39-32(46)48-34(5,6)7/h11,13-16,22-23,25-26,28H,1,12,17-19H2,2-10H3,(H,36,41)(H,37,44)(H,38,43)(H,39,46). The number of alkyl carbamates (subject to hydrolysis) is 1. The summed E-state index contributed by atoms with van der Waals surface area (Å²) in [6, 6.07) is 3.87. The second kappa shape index (κ2) is 14.8. The van der Waals surface area contributed by atoms with Crippen LogP contribution in [0.25, 0.3) is 0 Å². The largest absolute Gasteiger partial charge is 0.497 e. The zero-order chi connectivity index (χ0) is 36.2. The summed E-state index contributed by atoms with van der Waals surface area (Å²) in [5.41, 5.74) is -0.923. The normalized spacial score (nSPS) is 20.7. The highest BCUT2D eigenvalue weighted by atomic mass is 16.6. The molecule has 5 amide bonds. The molecule has 1 saturated carbocycles. The van der Waals surface area contributed by atoms with Crippen LogP contribution < -0.4 is 26.0 Å². The molecule has 1 aliphatic heterocycles. The van der Waals surface area contributed by atoms with Crippen LogP contribution in [0.3, 0.4) is 0 Å². The van der Waals surface area contributed by atoms with Crippen LogP contribution in [0.2, 0.25) is 0 Å². The van der Waals surface area contributed by atoms with E-state index in [9.17, 15) is 28.8 Å². The predicted molar refractivity (Wildman–Crippen MR) is 178 cm³/mol. The Labute approximate surface area is 282 Å². The smallest absolute Gasteiger partial charge is 0.408 e. The van der Waals surface area contributed by atoms with Crippen molar-refractivity contribution in [1.29, 1.82) is 0 Å². The fourth-order valence-electron chi connectivity index (χ4n) is 6.12. The maximum atomic E-state index is 14.0. The average molecular weight is 670 g/mol. The van der Waals surface area contributed by atoms with Crippen LogP contribution in [0.5, 0.6) is 5.75 Å². The molecule has 0 aromatic heterocycles. The fraction of sp³-hybridized carbons (Fsp3) is 0.600. The molecular weight excluding hydrogens is 618 g/mol. The van der Waals surface area contributed by atoms with Crippen molar-refractivity contribution in [3.63, 3.8) is 0 Å². The first-order valence-electron chi connectivity index (χ1n) is 16.1. The number of ketones is 1. The molecule has 1 heterocycles. The van der Waals surface area contributed by atoms with Crippen molar-refractivity contribution < 1.29 is 38.2 Å². The molecule has 0 radical (unpaired) electrons. The van der Waals surface area contributed by atoms with E-state index < -0.39 is 71.2 Å². The summed E-state index contributed by atoms with van der Waals surface area (Å²) in [7, 11) is 1.55. The first-order valence-corrected chi connectivity index (χ1v) is 16.1. The highest BCUT2D eigenvalue weighted by molar-refractivity contribution is 6.38. The molecule has 13 heteroatoms. The van der Waals surface area contributed by atoms with E-state index in [-0.39, 0.29) is 30.2 Å². The molecule has 2 fully saturated rings. The van der Waals surface area contributed by atoms with Gasteiger partial charge in [0.15, 0.2) is 0 Å². The summed E-state index contributed by atoms with van der Waals surface area (Å²) >= 11 is 0. The van der Waals surface area contributed by atoms with Crippen molar-refractivity contribution >= 4 is 35.5 Å². The maximum absolute atomic E-state index is 14.0. The molecule has 1 aromatic carbocycles. The lowest BCUT2D eigenvalue weighted by molar-refractivity contribution is -0.145. The second-order valence-electron chi connectivity index (χ2n) is 15.1. The van der Waals surface area contributed by atoms with Crippen molar-refractivity contribution in [3.05, 3.63) is 42.5 Å². The third-order valence-corrected chi connectivity index (χ3v) is 8.85. The van der Waals surface area contributed by atoms with E-state index in [0.29, 0.717) is 12.3 Å². The minimum atomic E-state index is -1.27. The lowest BCUT2D eigenvalue weighted by atomic mass is 9.85. The highest BCUT2D eigenvalue weighted by Crippen LogP contribution is 2.65. The van der Waals surface area contributed by atoms with E-state index in [1.165, 1.54) is 11.0 Å². The summed E-state index contributed by atoms with van der Waals surface area (Å²) in [6.07, 6.45) is 0.600. The summed E-state index contributed by atoms with van der Waals surface area (Å²) in [6.45, 7) is 18.3. The van der Waals surface area contributed by atoms with Gasteiger partial charge in [-0.3, -0.25) is 24.0 Å². The van der Waals surface area contributed by atoms with Crippen molar-refractivity contribution in [3.8, 4) is 5.75 Å². The van der Waals surface area contributed by atoms with Gasteiger partial charge in [0.1, 0.15) is 29.5 Å². The van der Waals surface area contributed by atoms with Gasteiger partial charge < -0.3 is 35.6 Å². The third-order valence-electron chi connectivity index (χ3n) is 8.85. The van der Waals surface area contributed by atoms with Crippen LogP contribution >= 0.6 is 0 Å². The highest BCUT2D eigenvalue weighted by Gasteiger charge is 2.70. The first kappa shape index (κ1) is 38.0. The number of hydrogen-bond donors (Lipinski definition) is 4. The lowest BCUT2D eigenvalue weighted by Crippen LogP contribution is -2.60. The molecule has 3 rings (SSSR count). The number of fused-ring (bicyclic) bond motifs is 1. The van der Waals surface area contributed by atoms with Gasteiger partial charge in [0.25, 0.3) is 5.91 Å². The first-order chi connectivity index (χ1) is 22.2. The fourth-order valence-corrected chi connectivity index (χ4v) is 6.12. The lowest BCUT2D eigenvalue weighted by Gasteiger charge is -2.38. The Balaban J connectivity index is 1.68. The van der Waals surface area contributed by atoms with Gasteiger partial charge in [-0.25, -0.2) is 4.79 Å². The molecule has 1 saturated heterocycles. The SMILES string of the molecule is C=CCC(NC(=O)C1C2C(CN1C(=O)C(NC(=O)OC(C)(C)C)C(C)(C)C)C2(C)C)C(=O)C(=O)NCC(=O)NCc1ccc(OC)cc1. The number of carbonyl (C=O) groups excluding carboxylic acids is 6. The molecule has 5 unspecified atom stereocenters. The van der Waals surface area contributed by atoms with Crippen LogP contribution in [0, 0.1) is 22.7 Å². The van der Waals surface area contributed by atoms with Gasteiger partial charge in [0, 0.05) is 13.1 Å². The summed E-state index contributed by atoms with van der Waals surface area (Å²) in [4.78, 5) is 80.5. The van der Waals surface area contributed by atoms with E-state index in [2.05, 4.69) is 27.8 Å². The van der Waals surface area contributed by atoms with E-state index in [4.69, 9.17) is 9.47 Å². The van der Waals surface area contributed by atoms with E-state index in [1.807, 2.05) is 13.8 Å². The van der Waals surface area contributed by atoms with Crippen LogP contribution in [0.1, 0.15) is 67.4 Å². The van der Waals surface area contributed by atoms with Gasteiger partial charge >= 0.3 is 6.09 Å². The van der Waals surface area contributed by atoms with E-state index in [1.54, 1.807) is 72.9 Å². The summed E-state index contributed by atoms with van der Waals surface area (Å²) in [5.74, 6) is -3.01. The average Bonchev–Trinajstić information content (AvgIpc) is 3.31. The molecule has 5 atom stereocenters. The van der Waals surface area contributed by atoms with Crippen LogP contribution in [0.15, 0.2) is 36.9 Å². The topological polar surface area (TPSA) is 172 Å². The number of nitrogens with one attached hydrogen (secondary N) is 4. The maximum Gasteiger partial charge on any atom is 0.408 e. The molecule has 264 valence electrons.